The van der Waals surface area contributed by atoms with E-state index in [9.17, 15) is 9.50 Å². The maximum Gasteiger partial charge on any atom is 0.131 e. The van der Waals surface area contributed by atoms with Gasteiger partial charge in [-0.05, 0) is 34.7 Å². The van der Waals surface area contributed by atoms with Gasteiger partial charge in [0.1, 0.15) is 11.6 Å². The van der Waals surface area contributed by atoms with Gasteiger partial charge in [0.05, 0.1) is 8.59 Å². The summed E-state index contributed by atoms with van der Waals surface area (Å²) in [7, 11) is 0. The van der Waals surface area contributed by atoms with Crippen molar-refractivity contribution < 1.29 is 9.50 Å². The lowest BCUT2D eigenvalue weighted by Crippen LogP contribution is -1.86. The molecule has 1 nitrogen and oxygen atoms in total. The number of benzene rings is 2. The molecule has 0 heterocycles. The first-order valence-corrected chi connectivity index (χ1v) is 5.98. The predicted molar refractivity (Wildman–Crippen MR) is 71.2 cm³/mol. The molecule has 16 heavy (non-hydrogen) atoms. The van der Waals surface area contributed by atoms with Crippen molar-refractivity contribution >= 4 is 34.2 Å². The Morgan fingerprint density at radius 1 is 1.12 bits per heavy atom. The number of hydrogen-bond donors (Lipinski definition) is 1. The van der Waals surface area contributed by atoms with Crippen LogP contribution in [0.25, 0.3) is 11.1 Å². The van der Waals surface area contributed by atoms with Gasteiger partial charge in [0.15, 0.2) is 0 Å². The molecule has 2 rings (SSSR count). The summed E-state index contributed by atoms with van der Waals surface area (Å²) in [6.45, 7) is 0. The second-order valence-corrected chi connectivity index (χ2v) is 4.83. The molecule has 0 amide bonds. The Hall–Kier alpha value is -0.810. The largest absolute Gasteiger partial charge is 0.507 e. The molecule has 0 radical (unpaired) electrons. The van der Waals surface area contributed by atoms with Gasteiger partial charge in [0.2, 0.25) is 0 Å². The van der Waals surface area contributed by atoms with Crippen LogP contribution in [0.1, 0.15) is 0 Å². The normalized spacial score (nSPS) is 10.4. The van der Waals surface area contributed by atoms with Crippen LogP contribution in [0.5, 0.6) is 5.75 Å². The SMILES string of the molecule is Oc1cc(Cl)c(-c2ccccc2F)cc1I. The van der Waals surface area contributed by atoms with E-state index in [-0.39, 0.29) is 11.6 Å². The Balaban J connectivity index is 2.65. The van der Waals surface area contributed by atoms with Crippen LogP contribution in [0.4, 0.5) is 4.39 Å². The molecule has 1 N–H and O–H groups in total. The van der Waals surface area contributed by atoms with E-state index < -0.39 is 0 Å². The summed E-state index contributed by atoms with van der Waals surface area (Å²) < 4.78 is 14.2. The van der Waals surface area contributed by atoms with E-state index >= 15 is 0 Å². The van der Waals surface area contributed by atoms with Crippen LogP contribution in [-0.4, -0.2) is 5.11 Å². The Kier molecular flexibility index (Phi) is 3.35. The molecule has 0 spiro atoms. The molecular weight excluding hydrogens is 341 g/mol. The molecular formula is C12H7ClFIO. The first-order valence-electron chi connectivity index (χ1n) is 4.52. The van der Waals surface area contributed by atoms with E-state index in [4.69, 9.17) is 11.6 Å². The van der Waals surface area contributed by atoms with Gasteiger partial charge in [-0.15, -0.1) is 0 Å². The minimum Gasteiger partial charge on any atom is -0.507 e. The predicted octanol–water partition coefficient (Wildman–Crippen LogP) is 4.46. The van der Waals surface area contributed by atoms with Crippen LogP contribution in [0.15, 0.2) is 36.4 Å². The molecule has 0 aliphatic rings. The highest BCUT2D eigenvalue weighted by atomic mass is 127. The molecule has 82 valence electrons. The third-order valence-corrected chi connectivity index (χ3v) is 3.38. The summed E-state index contributed by atoms with van der Waals surface area (Å²) in [4.78, 5) is 0. The molecule has 0 atom stereocenters. The van der Waals surface area contributed by atoms with Crippen molar-refractivity contribution in [3.05, 3.63) is 50.8 Å². The molecule has 0 saturated heterocycles. The average Bonchev–Trinajstić information content (AvgIpc) is 2.25. The highest BCUT2D eigenvalue weighted by Gasteiger charge is 2.11. The van der Waals surface area contributed by atoms with Crippen LogP contribution in [0.2, 0.25) is 5.02 Å². The van der Waals surface area contributed by atoms with Crippen molar-refractivity contribution in [3.8, 4) is 16.9 Å². The van der Waals surface area contributed by atoms with E-state index in [0.717, 1.165) is 0 Å². The van der Waals surface area contributed by atoms with Gasteiger partial charge in [-0.2, -0.15) is 0 Å². The first kappa shape index (κ1) is 11.7. The van der Waals surface area contributed by atoms with E-state index in [0.29, 0.717) is 19.7 Å². The molecule has 0 aliphatic heterocycles. The van der Waals surface area contributed by atoms with Gasteiger partial charge < -0.3 is 5.11 Å². The Morgan fingerprint density at radius 2 is 1.81 bits per heavy atom. The third kappa shape index (κ3) is 2.15. The maximum absolute atomic E-state index is 13.6. The lowest BCUT2D eigenvalue weighted by Gasteiger charge is -2.07. The molecule has 2 aromatic carbocycles. The first-order chi connectivity index (χ1) is 7.59. The van der Waals surface area contributed by atoms with Crippen LogP contribution < -0.4 is 0 Å². The lowest BCUT2D eigenvalue weighted by molar-refractivity contribution is 0.471. The summed E-state index contributed by atoms with van der Waals surface area (Å²) in [5.74, 6) is -0.225. The number of halogens is 3. The van der Waals surface area contributed by atoms with E-state index in [1.807, 2.05) is 22.6 Å². The summed E-state index contributed by atoms with van der Waals surface area (Å²) in [6, 6.07) is 9.49. The Labute approximate surface area is 111 Å². The number of phenolic OH excluding ortho intramolecular Hbond substituents is 1. The number of phenols is 1. The van der Waals surface area contributed by atoms with Crippen molar-refractivity contribution in [1.82, 2.24) is 0 Å². The van der Waals surface area contributed by atoms with Crippen molar-refractivity contribution in [1.29, 1.82) is 0 Å². The Morgan fingerprint density at radius 3 is 2.50 bits per heavy atom. The zero-order valence-electron chi connectivity index (χ0n) is 8.05. The minimum absolute atomic E-state index is 0.102. The van der Waals surface area contributed by atoms with Gasteiger partial charge in [-0.25, -0.2) is 4.39 Å². The Bertz CT molecular complexity index is 543. The fourth-order valence-corrected chi connectivity index (χ4v) is 2.15. The van der Waals surface area contributed by atoms with Crippen molar-refractivity contribution in [2.75, 3.05) is 0 Å². The van der Waals surface area contributed by atoms with Crippen LogP contribution >= 0.6 is 34.2 Å². The van der Waals surface area contributed by atoms with Crippen LogP contribution in [-0.2, 0) is 0 Å². The maximum atomic E-state index is 13.6. The van der Waals surface area contributed by atoms with Crippen LogP contribution in [0, 0.1) is 9.39 Å². The summed E-state index contributed by atoms with van der Waals surface area (Å²) in [5, 5.41) is 9.79. The fourth-order valence-electron chi connectivity index (χ4n) is 1.42. The highest BCUT2D eigenvalue weighted by molar-refractivity contribution is 14.1. The highest BCUT2D eigenvalue weighted by Crippen LogP contribution is 2.35. The second-order valence-electron chi connectivity index (χ2n) is 3.26. The standard InChI is InChI=1S/C12H7ClFIO/c13-9-6-12(16)11(15)5-8(9)7-3-1-2-4-10(7)14/h1-6,16H. The van der Waals surface area contributed by atoms with Crippen molar-refractivity contribution in [3.63, 3.8) is 0 Å². The monoisotopic (exact) mass is 348 g/mol. The smallest absolute Gasteiger partial charge is 0.131 e. The van der Waals surface area contributed by atoms with Gasteiger partial charge in [-0.1, -0.05) is 29.8 Å². The van der Waals surface area contributed by atoms with Gasteiger partial charge in [0.25, 0.3) is 0 Å². The minimum atomic E-state index is -0.328. The lowest BCUT2D eigenvalue weighted by atomic mass is 10.1. The zero-order valence-corrected chi connectivity index (χ0v) is 11.0. The summed E-state index contributed by atoms with van der Waals surface area (Å²) >= 11 is 7.95. The molecule has 0 aliphatic carbocycles. The molecule has 0 bridgehead atoms. The topological polar surface area (TPSA) is 20.2 Å². The second kappa shape index (κ2) is 4.59. The average molecular weight is 349 g/mol. The van der Waals surface area contributed by atoms with E-state index in [1.165, 1.54) is 12.1 Å². The fraction of sp³-hybridized carbons (Fsp3) is 0. The van der Waals surface area contributed by atoms with Crippen molar-refractivity contribution in [2.45, 2.75) is 0 Å². The quantitative estimate of drug-likeness (QED) is 0.755. The van der Waals surface area contributed by atoms with Gasteiger partial charge >= 0.3 is 0 Å². The van der Waals surface area contributed by atoms with E-state index in [2.05, 4.69) is 0 Å². The molecule has 0 aromatic heterocycles. The molecule has 0 fully saturated rings. The summed E-state index contributed by atoms with van der Waals surface area (Å²) in [5.41, 5.74) is 1.02. The molecule has 2 aromatic rings. The van der Waals surface area contributed by atoms with Gasteiger partial charge in [0, 0.05) is 17.2 Å². The van der Waals surface area contributed by atoms with Crippen LogP contribution in [0.3, 0.4) is 0 Å². The third-order valence-electron chi connectivity index (χ3n) is 2.20. The summed E-state index contributed by atoms with van der Waals surface area (Å²) in [6.07, 6.45) is 0. The zero-order chi connectivity index (χ0) is 11.7. The number of hydrogen-bond acceptors (Lipinski definition) is 1. The molecule has 0 saturated carbocycles. The van der Waals surface area contributed by atoms with Crippen molar-refractivity contribution in [2.24, 2.45) is 0 Å². The number of aromatic hydroxyl groups is 1. The van der Waals surface area contributed by atoms with E-state index in [1.54, 1.807) is 24.3 Å². The number of rotatable bonds is 1. The molecule has 4 heteroatoms. The van der Waals surface area contributed by atoms with Gasteiger partial charge in [-0.3, -0.25) is 0 Å². The molecule has 0 unspecified atom stereocenters.